The Labute approximate surface area is 122 Å². The van der Waals surface area contributed by atoms with Crippen LogP contribution >= 0.6 is 31.9 Å². The van der Waals surface area contributed by atoms with Gasteiger partial charge in [0.2, 0.25) is 0 Å². The lowest BCUT2D eigenvalue weighted by Crippen LogP contribution is -2.23. The lowest BCUT2D eigenvalue weighted by molar-refractivity contribution is 0.407. The normalized spacial score (nSPS) is 14.6. The zero-order valence-electron chi connectivity index (χ0n) is 10.8. The fourth-order valence-electron chi connectivity index (χ4n) is 1.92. The van der Waals surface area contributed by atoms with Gasteiger partial charge < -0.3 is 5.32 Å². The molecule has 0 aromatic heterocycles. The highest BCUT2D eigenvalue weighted by molar-refractivity contribution is 9.11. The van der Waals surface area contributed by atoms with Crippen LogP contribution in [0.1, 0.15) is 45.2 Å². The van der Waals surface area contributed by atoms with Crippen LogP contribution in [0.25, 0.3) is 0 Å². The maximum absolute atomic E-state index is 3.66. The Kier molecular flexibility index (Phi) is 6.75. The minimum Gasteiger partial charge on any atom is -0.310 e. The molecular weight excluding hydrogens is 342 g/mol. The Hall–Kier alpha value is 0.140. The largest absolute Gasteiger partial charge is 0.310 e. The van der Waals surface area contributed by atoms with E-state index in [9.17, 15) is 0 Å². The summed E-state index contributed by atoms with van der Waals surface area (Å²) in [5, 5.41) is 3.58. The van der Waals surface area contributed by atoms with Crippen LogP contribution < -0.4 is 5.32 Å². The first kappa shape index (κ1) is 15.2. The topological polar surface area (TPSA) is 12.0 Å². The Morgan fingerprint density at radius 2 is 1.94 bits per heavy atom. The predicted molar refractivity (Wildman–Crippen MR) is 82.3 cm³/mol. The highest BCUT2D eigenvalue weighted by Gasteiger charge is 2.16. The standard InChI is InChI=1S/C14H21Br2N/c1-4-10(3)8-14(17-5-2)12-7-6-11(15)9-13(12)16/h6-7,9-10,14,17H,4-5,8H2,1-3H3. The van der Waals surface area contributed by atoms with E-state index in [0.29, 0.717) is 6.04 Å². The summed E-state index contributed by atoms with van der Waals surface area (Å²) in [7, 11) is 0. The molecule has 0 fully saturated rings. The zero-order chi connectivity index (χ0) is 12.8. The molecule has 0 heterocycles. The van der Waals surface area contributed by atoms with Crippen LogP contribution in [-0.4, -0.2) is 6.54 Å². The summed E-state index contributed by atoms with van der Waals surface area (Å²) in [6.07, 6.45) is 2.42. The Balaban J connectivity index is 2.88. The van der Waals surface area contributed by atoms with E-state index in [1.807, 2.05) is 0 Å². The molecule has 1 aromatic rings. The van der Waals surface area contributed by atoms with Gasteiger partial charge in [0.1, 0.15) is 0 Å². The molecule has 2 atom stereocenters. The van der Waals surface area contributed by atoms with E-state index in [1.165, 1.54) is 22.9 Å². The van der Waals surface area contributed by atoms with Crippen molar-refractivity contribution in [2.45, 2.75) is 39.7 Å². The second-order valence-corrected chi connectivity index (χ2v) is 6.30. The smallest absolute Gasteiger partial charge is 0.0333 e. The Morgan fingerprint density at radius 1 is 1.24 bits per heavy atom. The van der Waals surface area contributed by atoms with Gasteiger partial charge in [0, 0.05) is 15.0 Å². The molecule has 0 saturated carbocycles. The van der Waals surface area contributed by atoms with Gasteiger partial charge in [-0.25, -0.2) is 0 Å². The first-order valence-corrected chi connectivity index (χ1v) is 7.85. The third kappa shape index (κ3) is 4.72. The average molecular weight is 363 g/mol. The summed E-state index contributed by atoms with van der Waals surface area (Å²) in [5.74, 6) is 0.745. The summed E-state index contributed by atoms with van der Waals surface area (Å²) in [4.78, 5) is 0. The molecule has 0 aliphatic carbocycles. The predicted octanol–water partition coefficient (Wildman–Crippen LogP) is 5.30. The molecule has 0 radical (unpaired) electrons. The quantitative estimate of drug-likeness (QED) is 0.724. The molecule has 0 bridgehead atoms. The van der Waals surface area contributed by atoms with Crippen LogP contribution in [0.4, 0.5) is 0 Å². The molecule has 0 amide bonds. The maximum Gasteiger partial charge on any atom is 0.0333 e. The molecule has 0 spiro atoms. The Bertz CT molecular complexity index is 352. The minimum absolute atomic E-state index is 0.442. The summed E-state index contributed by atoms with van der Waals surface area (Å²) in [6, 6.07) is 6.87. The van der Waals surface area contributed by atoms with E-state index in [4.69, 9.17) is 0 Å². The van der Waals surface area contributed by atoms with Crippen molar-refractivity contribution < 1.29 is 0 Å². The van der Waals surface area contributed by atoms with E-state index in [0.717, 1.165) is 16.9 Å². The van der Waals surface area contributed by atoms with Gasteiger partial charge in [-0.05, 0) is 36.6 Å². The van der Waals surface area contributed by atoms with E-state index in [-0.39, 0.29) is 0 Å². The molecule has 0 aliphatic rings. The second-order valence-electron chi connectivity index (χ2n) is 4.53. The first-order chi connectivity index (χ1) is 8.08. The van der Waals surface area contributed by atoms with Gasteiger partial charge in [0.15, 0.2) is 0 Å². The first-order valence-electron chi connectivity index (χ1n) is 6.26. The van der Waals surface area contributed by atoms with Gasteiger partial charge >= 0.3 is 0 Å². The minimum atomic E-state index is 0.442. The lowest BCUT2D eigenvalue weighted by Gasteiger charge is -2.23. The molecule has 0 aliphatic heterocycles. The fourth-order valence-corrected chi connectivity index (χ4v) is 3.24. The van der Waals surface area contributed by atoms with Crippen molar-refractivity contribution in [2.75, 3.05) is 6.54 Å². The molecule has 1 nitrogen and oxygen atoms in total. The Morgan fingerprint density at radius 3 is 2.47 bits per heavy atom. The SMILES string of the molecule is CCNC(CC(C)CC)c1ccc(Br)cc1Br. The third-order valence-electron chi connectivity index (χ3n) is 3.12. The number of halogens is 2. The third-order valence-corrected chi connectivity index (χ3v) is 4.30. The van der Waals surface area contributed by atoms with Gasteiger partial charge in [-0.3, -0.25) is 0 Å². The molecule has 1 N–H and O–H groups in total. The van der Waals surface area contributed by atoms with E-state index >= 15 is 0 Å². The van der Waals surface area contributed by atoms with Crippen molar-refractivity contribution in [3.05, 3.63) is 32.7 Å². The van der Waals surface area contributed by atoms with Gasteiger partial charge in [0.05, 0.1) is 0 Å². The maximum atomic E-state index is 3.66. The van der Waals surface area contributed by atoms with Crippen LogP contribution in [0.3, 0.4) is 0 Å². The van der Waals surface area contributed by atoms with Gasteiger partial charge in [-0.2, -0.15) is 0 Å². The zero-order valence-corrected chi connectivity index (χ0v) is 13.9. The second kappa shape index (κ2) is 7.55. The van der Waals surface area contributed by atoms with Gasteiger partial charge in [0.25, 0.3) is 0 Å². The van der Waals surface area contributed by atoms with Crippen molar-refractivity contribution in [2.24, 2.45) is 5.92 Å². The highest BCUT2D eigenvalue weighted by Crippen LogP contribution is 2.31. The summed E-state index contributed by atoms with van der Waals surface area (Å²) in [6.45, 7) is 7.74. The van der Waals surface area contributed by atoms with Crippen LogP contribution in [0.15, 0.2) is 27.1 Å². The monoisotopic (exact) mass is 361 g/mol. The van der Waals surface area contributed by atoms with Crippen LogP contribution in [0.5, 0.6) is 0 Å². The van der Waals surface area contributed by atoms with E-state index < -0.39 is 0 Å². The number of hydrogen-bond acceptors (Lipinski definition) is 1. The molecule has 3 heteroatoms. The molecule has 96 valence electrons. The van der Waals surface area contributed by atoms with E-state index in [1.54, 1.807) is 0 Å². The van der Waals surface area contributed by atoms with Crippen LogP contribution in [0.2, 0.25) is 0 Å². The molecule has 17 heavy (non-hydrogen) atoms. The molecule has 2 unspecified atom stereocenters. The van der Waals surface area contributed by atoms with Crippen molar-refractivity contribution in [3.8, 4) is 0 Å². The molecule has 1 aromatic carbocycles. The summed E-state index contributed by atoms with van der Waals surface area (Å²) >= 11 is 7.16. The van der Waals surface area contributed by atoms with Gasteiger partial charge in [-0.1, -0.05) is 65.1 Å². The molecular formula is C14H21Br2N. The summed E-state index contributed by atoms with van der Waals surface area (Å²) in [5.41, 5.74) is 1.36. The van der Waals surface area contributed by atoms with Gasteiger partial charge in [-0.15, -0.1) is 0 Å². The van der Waals surface area contributed by atoms with Crippen LogP contribution in [-0.2, 0) is 0 Å². The van der Waals surface area contributed by atoms with Crippen molar-refractivity contribution in [3.63, 3.8) is 0 Å². The van der Waals surface area contributed by atoms with Crippen LogP contribution in [0, 0.1) is 5.92 Å². The molecule has 0 saturated heterocycles. The highest BCUT2D eigenvalue weighted by atomic mass is 79.9. The summed E-state index contributed by atoms with van der Waals surface area (Å²) < 4.78 is 2.30. The average Bonchev–Trinajstić information content (AvgIpc) is 2.28. The van der Waals surface area contributed by atoms with Crippen molar-refractivity contribution >= 4 is 31.9 Å². The molecule has 1 rings (SSSR count). The lowest BCUT2D eigenvalue weighted by atomic mass is 9.94. The number of rotatable bonds is 6. The van der Waals surface area contributed by atoms with E-state index in [2.05, 4.69) is 76.1 Å². The fraction of sp³-hybridized carbons (Fsp3) is 0.571. The number of nitrogens with one attached hydrogen (secondary N) is 1. The van der Waals surface area contributed by atoms with Crippen molar-refractivity contribution in [1.29, 1.82) is 0 Å². The van der Waals surface area contributed by atoms with Crippen molar-refractivity contribution in [1.82, 2.24) is 5.32 Å². The number of hydrogen-bond donors (Lipinski definition) is 1. The number of benzene rings is 1.